The summed E-state index contributed by atoms with van der Waals surface area (Å²) < 4.78 is 19.3. The van der Waals surface area contributed by atoms with E-state index in [9.17, 15) is 9.18 Å². The minimum Gasteiger partial charge on any atom is -0.496 e. The molecule has 2 rings (SSSR count). The van der Waals surface area contributed by atoms with Crippen LogP contribution in [0, 0.1) is 12.7 Å². The summed E-state index contributed by atoms with van der Waals surface area (Å²) in [6.45, 7) is 1.84. The molecule has 0 aliphatic rings. The number of carbonyl (C=O) groups is 1. The van der Waals surface area contributed by atoms with Crippen molar-refractivity contribution in [3.63, 3.8) is 0 Å². The van der Waals surface area contributed by atoms with Crippen molar-refractivity contribution >= 4 is 21.7 Å². The molecular weight excluding hydrogens is 311 g/mol. The summed E-state index contributed by atoms with van der Waals surface area (Å²) in [7, 11) is 1.46. The highest BCUT2D eigenvalue weighted by Gasteiger charge is 2.18. The molecule has 0 radical (unpaired) electrons. The summed E-state index contributed by atoms with van der Waals surface area (Å²) in [6.07, 6.45) is 0. The van der Waals surface area contributed by atoms with Crippen LogP contribution in [0.1, 0.15) is 21.5 Å². The summed E-state index contributed by atoms with van der Waals surface area (Å²) in [5, 5.41) is 0. The van der Waals surface area contributed by atoms with Crippen molar-refractivity contribution in [2.24, 2.45) is 0 Å². The van der Waals surface area contributed by atoms with E-state index < -0.39 is 5.82 Å². The van der Waals surface area contributed by atoms with Gasteiger partial charge in [0.25, 0.3) is 0 Å². The number of rotatable bonds is 3. The van der Waals surface area contributed by atoms with E-state index in [1.165, 1.54) is 25.3 Å². The molecule has 2 nitrogen and oxygen atoms in total. The quantitative estimate of drug-likeness (QED) is 0.794. The van der Waals surface area contributed by atoms with Crippen LogP contribution in [-0.4, -0.2) is 12.9 Å². The van der Waals surface area contributed by atoms with Crippen molar-refractivity contribution in [1.82, 2.24) is 0 Å². The van der Waals surface area contributed by atoms with Crippen LogP contribution in [0.5, 0.6) is 5.75 Å². The van der Waals surface area contributed by atoms with E-state index in [0.29, 0.717) is 11.3 Å². The van der Waals surface area contributed by atoms with Crippen LogP contribution < -0.4 is 4.74 Å². The first-order chi connectivity index (χ1) is 9.04. The second kappa shape index (κ2) is 5.53. The Bertz CT molecular complexity index is 638. The number of hydrogen-bond acceptors (Lipinski definition) is 2. The maximum Gasteiger partial charge on any atom is 0.197 e. The van der Waals surface area contributed by atoms with Gasteiger partial charge < -0.3 is 4.74 Å². The number of ether oxygens (including phenoxy) is 1. The lowest BCUT2D eigenvalue weighted by Crippen LogP contribution is -2.06. The first-order valence-corrected chi connectivity index (χ1v) is 6.47. The van der Waals surface area contributed by atoms with Crippen LogP contribution in [0.25, 0.3) is 0 Å². The van der Waals surface area contributed by atoms with Crippen LogP contribution in [0.2, 0.25) is 0 Å². The Hall–Kier alpha value is -1.68. The lowest BCUT2D eigenvalue weighted by atomic mass is 9.98. The van der Waals surface area contributed by atoms with E-state index in [0.717, 1.165) is 10.0 Å². The van der Waals surface area contributed by atoms with Crippen molar-refractivity contribution in [3.05, 3.63) is 63.4 Å². The smallest absolute Gasteiger partial charge is 0.197 e. The van der Waals surface area contributed by atoms with Gasteiger partial charge in [0, 0.05) is 10.0 Å². The van der Waals surface area contributed by atoms with Crippen molar-refractivity contribution in [1.29, 1.82) is 0 Å². The topological polar surface area (TPSA) is 26.3 Å². The Labute approximate surface area is 119 Å². The molecule has 4 heteroatoms. The molecule has 2 aromatic rings. The van der Waals surface area contributed by atoms with Crippen molar-refractivity contribution in [2.75, 3.05) is 7.11 Å². The molecule has 0 fully saturated rings. The third-order valence-corrected chi connectivity index (χ3v) is 3.78. The maximum absolute atomic E-state index is 13.3. The first-order valence-electron chi connectivity index (χ1n) is 5.68. The molecule has 0 spiro atoms. The number of halogens is 2. The molecule has 0 N–H and O–H groups in total. The van der Waals surface area contributed by atoms with Crippen molar-refractivity contribution < 1.29 is 13.9 Å². The number of ketones is 1. The van der Waals surface area contributed by atoms with Gasteiger partial charge in [-0.05, 0) is 36.8 Å². The summed E-state index contributed by atoms with van der Waals surface area (Å²) in [5.41, 5.74) is 1.57. The zero-order valence-corrected chi connectivity index (χ0v) is 12.1. The lowest BCUT2D eigenvalue weighted by molar-refractivity contribution is 0.103. The highest BCUT2D eigenvalue weighted by atomic mass is 79.9. The Kier molecular flexibility index (Phi) is 4.00. The predicted octanol–water partition coefficient (Wildman–Crippen LogP) is 4.14. The number of benzene rings is 2. The van der Waals surface area contributed by atoms with E-state index in [1.54, 1.807) is 12.1 Å². The zero-order valence-electron chi connectivity index (χ0n) is 10.5. The Morgan fingerprint density at radius 2 is 1.95 bits per heavy atom. The van der Waals surface area contributed by atoms with Gasteiger partial charge in [-0.15, -0.1) is 0 Å². The van der Waals surface area contributed by atoms with E-state index in [-0.39, 0.29) is 11.3 Å². The molecule has 0 bridgehead atoms. The molecule has 0 saturated carbocycles. The Morgan fingerprint density at radius 1 is 1.21 bits per heavy atom. The van der Waals surface area contributed by atoms with E-state index in [2.05, 4.69) is 15.9 Å². The second-order valence-electron chi connectivity index (χ2n) is 4.09. The maximum atomic E-state index is 13.3. The van der Waals surface area contributed by atoms with E-state index in [4.69, 9.17) is 4.74 Å². The number of hydrogen-bond donors (Lipinski definition) is 0. The largest absolute Gasteiger partial charge is 0.496 e. The fraction of sp³-hybridized carbons (Fsp3) is 0.133. The van der Waals surface area contributed by atoms with Crippen LogP contribution in [0.3, 0.4) is 0 Å². The molecule has 2 aromatic carbocycles. The molecule has 0 aliphatic carbocycles. The number of methoxy groups -OCH3 is 1. The zero-order chi connectivity index (χ0) is 14.0. The molecule has 98 valence electrons. The van der Waals surface area contributed by atoms with Crippen LogP contribution in [-0.2, 0) is 0 Å². The average molecular weight is 323 g/mol. The summed E-state index contributed by atoms with van der Waals surface area (Å²) in [6, 6.07) is 9.26. The van der Waals surface area contributed by atoms with Gasteiger partial charge in [-0.1, -0.05) is 28.1 Å². The molecule has 0 heterocycles. The Balaban J connectivity index is 2.56. The summed E-state index contributed by atoms with van der Waals surface area (Å²) in [4.78, 5) is 12.5. The summed E-state index contributed by atoms with van der Waals surface area (Å²) >= 11 is 3.38. The van der Waals surface area contributed by atoms with Gasteiger partial charge in [-0.25, -0.2) is 4.39 Å². The highest BCUT2D eigenvalue weighted by molar-refractivity contribution is 9.10. The minimum absolute atomic E-state index is 0.226. The fourth-order valence-corrected chi connectivity index (χ4v) is 2.22. The molecular formula is C15H12BrFO2. The van der Waals surface area contributed by atoms with Gasteiger partial charge in [0.2, 0.25) is 0 Å². The molecule has 0 unspecified atom stereocenters. The van der Waals surface area contributed by atoms with Crippen LogP contribution in [0.4, 0.5) is 4.39 Å². The molecule has 19 heavy (non-hydrogen) atoms. The highest BCUT2D eigenvalue weighted by Crippen LogP contribution is 2.26. The van der Waals surface area contributed by atoms with Crippen LogP contribution in [0.15, 0.2) is 40.9 Å². The second-order valence-corrected chi connectivity index (χ2v) is 4.94. The van der Waals surface area contributed by atoms with Gasteiger partial charge in [0.05, 0.1) is 12.7 Å². The Morgan fingerprint density at radius 3 is 2.63 bits per heavy atom. The van der Waals surface area contributed by atoms with Crippen molar-refractivity contribution in [3.8, 4) is 5.75 Å². The molecule has 0 aliphatic heterocycles. The molecule has 0 saturated heterocycles. The minimum atomic E-state index is -0.461. The van der Waals surface area contributed by atoms with Gasteiger partial charge in [-0.3, -0.25) is 4.79 Å². The fourth-order valence-electron chi connectivity index (χ4n) is 1.86. The lowest BCUT2D eigenvalue weighted by Gasteiger charge is -2.10. The van der Waals surface area contributed by atoms with Gasteiger partial charge in [0.1, 0.15) is 11.6 Å². The molecule has 0 atom stereocenters. The van der Waals surface area contributed by atoms with Crippen LogP contribution >= 0.6 is 15.9 Å². The van der Waals surface area contributed by atoms with Gasteiger partial charge in [0.15, 0.2) is 5.78 Å². The number of carbonyl (C=O) groups excluding carboxylic acids is 1. The summed E-state index contributed by atoms with van der Waals surface area (Å²) in [5.74, 6) is -0.349. The monoisotopic (exact) mass is 322 g/mol. The van der Waals surface area contributed by atoms with Gasteiger partial charge >= 0.3 is 0 Å². The van der Waals surface area contributed by atoms with Gasteiger partial charge in [-0.2, -0.15) is 0 Å². The normalized spacial score (nSPS) is 10.3. The van der Waals surface area contributed by atoms with E-state index in [1.807, 2.05) is 13.0 Å². The predicted molar refractivity (Wildman–Crippen MR) is 75.3 cm³/mol. The first kappa shape index (κ1) is 13.7. The SMILES string of the molecule is COc1ccc(F)cc1C(=O)c1cccc(Br)c1C. The third kappa shape index (κ3) is 2.68. The van der Waals surface area contributed by atoms with Crippen molar-refractivity contribution in [2.45, 2.75) is 6.92 Å². The van der Waals surface area contributed by atoms with E-state index >= 15 is 0 Å². The molecule has 0 aromatic heterocycles. The molecule has 0 amide bonds. The third-order valence-electron chi connectivity index (χ3n) is 2.92. The standard InChI is InChI=1S/C15H12BrFO2/c1-9-11(4-3-5-13(9)16)15(18)12-8-10(17)6-7-14(12)19-2/h3-8H,1-2H3. The average Bonchev–Trinajstić information content (AvgIpc) is 2.41.